The summed E-state index contributed by atoms with van der Waals surface area (Å²) in [5.41, 5.74) is 1.25. The molecule has 1 aliphatic rings. The number of carbonyl (C=O) groups excluding carboxylic acids is 2. The van der Waals surface area contributed by atoms with Gasteiger partial charge in [0.15, 0.2) is 0 Å². The number of hydrogen-bond donors (Lipinski definition) is 2. The van der Waals surface area contributed by atoms with E-state index >= 15 is 0 Å². The van der Waals surface area contributed by atoms with Crippen molar-refractivity contribution in [2.75, 3.05) is 32.4 Å². The van der Waals surface area contributed by atoms with Gasteiger partial charge < -0.3 is 10.6 Å². The Balaban J connectivity index is 1.55. The van der Waals surface area contributed by atoms with Crippen LogP contribution in [0.2, 0.25) is 0 Å². The number of aryl methyl sites for hydroxylation is 1. The molecular weight excluding hydrogens is 310 g/mol. The largest absolute Gasteiger partial charge is 0.354 e. The third-order valence-corrected chi connectivity index (χ3v) is 4.50. The van der Waals surface area contributed by atoms with Gasteiger partial charge in [-0.2, -0.15) is 0 Å². The summed E-state index contributed by atoms with van der Waals surface area (Å²) in [4.78, 5) is 26.4. The lowest BCUT2D eigenvalue weighted by atomic mass is 10.2. The second-order valence-corrected chi connectivity index (χ2v) is 7.19. The molecule has 5 nitrogen and oxygen atoms in total. The number of nitrogens with zero attached hydrogens (tertiary/aromatic N) is 1. The lowest BCUT2D eigenvalue weighted by molar-refractivity contribution is -0.124. The van der Waals surface area contributed by atoms with Crippen LogP contribution in [-0.4, -0.2) is 55.2 Å². The second kappa shape index (κ2) is 8.93. The topological polar surface area (TPSA) is 61.4 Å². The van der Waals surface area contributed by atoms with E-state index < -0.39 is 0 Å². The van der Waals surface area contributed by atoms with Crippen LogP contribution >= 0.6 is 11.8 Å². The van der Waals surface area contributed by atoms with Crippen molar-refractivity contribution >= 4 is 23.6 Å². The fourth-order valence-corrected chi connectivity index (χ4v) is 2.87. The SMILES string of the molecule is Cc1ccc(SCCNC(=O)CN(C)CC(=O)NC2CC2)cc1. The first-order valence-electron chi connectivity index (χ1n) is 7.97. The summed E-state index contributed by atoms with van der Waals surface area (Å²) < 4.78 is 0. The number of nitrogens with one attached hydrogen (secondary N) is 2. The summed E-state index contributed by atoms with van der Waals surface area (Å²) in [6.45, 7) is 3.20. The molecule has 0 unspecified atom stereocenters. The predicted octanol–water partition coefficient (Wildman–Crippen LogP) is 1.41. The molecule has 0 saturated heterocycles. The van der Waals surface area contributed by atoms with E-state index in [1.165, 1.54) is 10.5 Å². The maximum absolute atomic E-state index is 11.8. The maximum Gasteiger partial charge on any atom is 0.234 e. The number of amides is 2. The van der Waals surface area contributed by atoms with E-state index in [9.17, 15) is 9.59 Å². The molecule has 0 aliphatic heterocycles. The van der Waals surface area contributed by atoms with Crippen molar-refractivity contribution < 1.29 is 9.59 Å². The van der Waals surface area contributed by atoms with E-state index in [2.05, 4.69) is 41.8 Å². The number of hydrogen-bond acceptors (Lipinski definition) is 4. The van der Waals surface area contributed by atoms with Crippen molar-refractivity contribution in [2.24, 2.45) is 0 Å². The Morgan fingerprint density at radius 1 is 1.17 bits per heavy atom. The molecular formula is C17H25N3O2S. The normalized spacial score (nSPS) is 13.9. The number of likely N-dealkylation sites (N-methyl/N-ethyl adjacent to an activating group) is 1. The summed E-state index contributed by atoms with van der Waals surface area (Å²) in [6.07, 6.45) is 2.16. The second-order valence-electron chi connectivity index (χ2n) is 6.03. The zero-order valence-electron chi connectivity index (χ0n) is 13.8. The third-order valence-electron chi connectivity index (χ3n) is 3.48. The molecule has 0 atom stereocenters. The molecule has 23 heavy (non-hydrogen) atoms. The lowest BCUT2D eigenvalue weighted by Gasteiger charge is -2.15. The van der Waals surface area contributed by atoms with Gasteiger partial charge in [-0.25, -0.2) is 0 Å². The minimum atomic E-state index is -0.0452. The zero-order chi connectivity index (χ0) is 16.7. The van der Waals surface area contributed by atoms with Crippen LogP contribution in [-0.2, 0) is 9.59 Å². The molecule has 2 N–H and O–H groups in total. The lowest BCUT2D eigenvalue weighted by Crippen LogP contribution is -2.41. The molecule has 1 aromatic rings. The molecule has 1 aliphatic carbocycles. The van der Waals surface area contributed by atoms with Gasteiger partial charge in [0.05, 0.1) is 13.1 Å². The van der Waals surface area contributed by atoms with Crippen LogP contribution < -0.4 is 10.6 Å². The number of benzene rings is 1. The Morgan fingerprint density at radius 3 is 2.48 bits per heavy atom. The van der Waals surface area contributed by atoms with Gasteiger partial charge in [-0.05, 0) is 38.9 Å². The van der Waals surface area contributed by atoms with Crippen molar-refractivity contribution in [3.63, 3.8) is 0 Å². The highest BCUT2D eigenvalue weighted by Crippen LogP contribution is 2.18. The van der Waals surface area contributed by atoms with Crippen molar-refractivity contribution in [3.8, 4) is 0 Å². The molecule has 0 heterocycles. The van der Waals surface area contributed by atoms with Crippen LogP contribution in [0, 0.1) is 6.92 Å². The fourth-order valence-electron chi connectivity index (χ4n) is 2.10. The van der Waals surface area contributed by atoms with Gasteiger partial charge in [0.2, 0.25) is 11.8 Å². The van der Waals surface area contributed by atoms with E-state index in [-0.39, 0.29) is 24.9 Å². The van der Waals surface area contributed by atoms with E-state index in [0.717, 1.165) is 18.6 Å². The van der Waals surface area contributed by atoms with E-state index in [0.29, 0.717) is 12.6 Å². The highest BCUT2D eigenvalue weighted by Gasteiger charge is 2.23. The van der Waals surface area contributed by atoms with Crippen molar-refractivity contribution in [1.82, 2.24) is 15.5 Å². The van der Waals surface area contributed by atoms with Gasteiger partial charge in [-0.1, -0.05) is 17.7 Å². The van der Waals surface area contributed by atoms with Gasteiger partial charge >= 0.3 is 0 Å². The molecule has 0 radical (unpaired) electrons. The number of carbonyl (C=O) groups is 2. The smallest absolute Gasteiger partial charge is 0.234 e. The van der Waals surface area contributed by atoms with Crippen LogP contribution in [0.3, 0.4) is 0 Å². The molecule has 0 aromatic heterocycles. The first-order valence-corrected chi connectivity index (χ1v) is 8.95. The summed E-state index contributed by atoms with van der Waals surface area (Å²) in [5, 5.41) is 5.81. The highest BCUT2D eigenvalue weighted by atomic mass is 32.2. The molecule has 1 saturated carbocycles. The van der Waals surface area contributed by atoms with Crippen molar-refractivity contribution in [1.29, 1.82) is 0 Å². The Labute approximate surface area is 142 Å². The van der Waals surface area contributed by atoms with Gasteiger partial charge in [0.1, 0.15) is 0 Å². The highest BCUT2D eigenvalue weighted by molar-refractivity contribution is 7.99. The minimum absolute atomic E-state index is 0.00211. The number of rotatable bonds is 9. The molecule has 0 spiro atoms. The van der Waals surface area contributed by atoms with E-state index in [4.69, 9.17) is 0 Å². The quantitative estimate of drug-likeness (QED) is 0.529. The first kappa shape index (κ1) is 17.8. The van der Waals surface area contributed by atoms with Crippen LogP contribution in [0.15, 0.2) is 29.2 Å². The molecule has 2 amide bonds. The molecule has 1 aromatic carbocycles. The fraction of sp³-hybridized carbons (Fsp3) is 0.529. The predicted molar refractivity (Wildman–Crippen MR) is 93.6 cm³/mol. The summed E-state index contributed by atoms with van der Waals surface area (Å²) in [7, 11) is 1.78. The molecule has 0 bridgehead atoms. The monoisotopic (exact) mass is 335 g/mol. The Bertz CT molecular complexity index is 529. The van der Waals surface area contributed by atoms with Crippen LogP contribution in [0.5, 0.6) is 0 Å². The minimum Gasteiger partial charge on any atom is -0.354 e. The maximum atomic E-state index is 11.8. The first-order chi connectivity index (χ1) is 11.0. The molecule has 2 rings (SSSR count). The van der Waals surface area contributed by atoms with Gasteiger partial charge in [-0.15, -0.1) is 11.8 Å². The Morgan fingerprint density at radius 2 is 1.83 bits per heavy atom. The molecule has 1 fully saturated rings. The Kier molecular flexibility index (Phi) is 6.92. The van der Waals surface area contributed by atoms with E-state index in [1.807, 2.05) is 0 Å². The molecule has 6 heteroatoms. The number of thioether (sulfide) groups is 1. The van der Waals surface area contributed by atoms with Crippen LogP contribution in [0.25, 0.3) is 0 Å². The summed E-state index contributed by atoms with van der Waals surface area (Å²) in [6, 6.07) is 8.72. The van der Waals surface area contributed by atoms with Gasteiger partial charge in [0.25, 0.3) is 0 Å². The Hall–Kier alpha value is -1.53. The van der Waals surface area contributed by atoms with E-state index in [1.54, 1.807) is 23.7 Å². The third kappa shape index (κ3) is 7.52. The van der Waals surface area contributed by atoms with Crippen molar-refractivity contribution in [3.05, 3.63) is 29.8 Å². The zero-order valence-corrected chi connectivity index (χ0v) is 14.6. The van der Waals surface area contributed by atoms with Crippen LogP contribution in [0.1, 0.15) is 18.4 Å². The van der Waals surface area contributed by atoms with Crippen LogP contribution in [0.4, 0.5) is 0 Å². The average Bonchev–Trinajstić information content (AvgIpc) is 3.29. The summed E-state index contributed by atoms with van der Waals surface area (Å²) in [5.74, 6) is 0.787. The van der Waals surface area contributed by atoms with Gasteiger partial charge in [-0.3, -0.25) is 14.5 Å². The summed E-state index contributed by atoms with van der Waals surface area (Å²) >= 11 is 1.72. The van der Waals surface area contributed by atoms with Gasteiger partial charge in [0, 0.05) is 23.2 Å². The molecule has 126 valence electrons. The van der Waals surface area contributed by atoms with Crippen molar-refractivity contribution in [2.45, 2.75) is 30.7 Å². The average molecular weight is 335 g/mol. The standard InChI is InChI=1S/C17H25N3O2S/c1-13-3-7-15(8-4-13)23-10-9-18-16(21)11-20(2)12-17(22)19-14-5-6-14/h3-4,7-8,14H,5-6,9-12H2,1-2H3,(H,18,21)(H,19,22).